The van der Waals surface area contributed by atoms with Gasteiger partial charge in [0.15, 0.2) is 0 Å². The fourth-order valence-electron chi connectivity index (χ4n) is 3.38. The molecule has 0 unspecified atom stereocenters. The number of nitrogens with one attached hydrogen (secondary N) is 1. The Bertz CT molecular complexity index is 910. The van der Waals surface area contributed by atoms with Gasteiger partial charge in [0.25, 0.3) is 5.91 Å². The van der Waals surface area contributed by atoms with Gasteiger partial charge < -0.3 is 25.0 Å². The van der Waals surface area contributed by atoms with Gasteiger partial charge >= 0.3 is 11.9 Å². The maximum Gasteiger partial charge on any atom is 0.303 e. The summed E-state index contributed by atoms with van der Waals surface area (Å²) in [6.45, 7) is 1.12. The van der Waals surface area contributed by atoms with Crippen molar-refractivity contribution in [1.82, 2.24) is 0 Å². The summed E-state index contributed by atoms with van der Waals surface area (Å²) in [7, 11) is 0. The van der Waals surface area contributed by atoms with Crippen LogP contribution in [0.25, 0.3) is 0 Å². The summed E-state index contributed by atoms with van der Waals surface area (Å²) >= 11 is 0. The minimum Gasteiger partial charge on any atom is -0.494 e. The molecule has 8 nitrogen and oxygen atoms in total. The van der Waals surface area contributed by atoms with Crippen LogP contribution in [0.15, 0.2) is 48.5 Å². The number of hydrogen-bond acceptors (Lipinski definition) is 5. The van der Waals surface area contributed by atoms with Crippen molar-refractivity contribution >= 4 is 23.5 Å². The third-order valence-electron chi connectivity index (χ3n) is 5.34. The van der Waals surface area contributed by atoms with E-state index in [0.717, 1.165) is 44.3 Å². The van der Waals surface area contributed by atoms with Crippen LogP contribution in [0, 0.1) is 0 Å². The van der Waals surface area contributed by atoms with Crippen molar-refractivity contribution in [1.29, 1.82) is 0 Å². The van der Waals surface area contributed by atoms with E-state index in [9.17, 15) is 14.4 Å². The van der Waals surface area contributed by atoms with Crippen LogP contribution < -0.4 is 14.8 Å². The summed E-state index contributed by atoms with van der Waals surface area (Å²) < 4.78 is 11.4. The Labute approximate surface area is 206 Å². The largest absolute Gasteiger partial charge is 0.494 e. The Hall–Kier alpha value is -3.55. The lowest BCUT2D eigenvalue weighted by molar-refractivity contribution is -0.138. The first-order valence-corrected chi connectivity index (χ1v) is 12.1. The highest BCUT2D eigenvalue weighted by Crippen LogP contribution is 2.18. The van der Waals surface area contributed by atoms with Crippen molar-refractivity contribution in [3.8, 4) is 11.5 Å². The number of aliphatic carboxylic acids is 2. The highest BCUT2D eigenvalue weighted by molar-refractivity contribution is 6.04. The number of hydrogen-bond donors (Lipinski definition) is 3. The zero-order valence-electron chi connectivity index (χ0n) is 20.0. The molecule has 0 spiro atoms. The third kappa shape index (κ3) is 12.5. The Morgan fingerprint density at radius 3 is 1.49 bits per heavy atom. The molecule has 0 saturated carbocycles. The summed E-state index contributed by atoms with van der Waals surface area (Å²) in [4.78, 5) is 33.4. The molecule has 190 valence electrons. The van der Waals surface area contributed by atoms with Gasteiger partial charge in [-0.25, -0.2) is 0 Å². The lowest BCUT2D eigenvalue weighted by Crippen LogP contribution is -2.11. The Morgan fingerprint density at radius 1 is 0.600 bits per heavy atom. The third-order valence-corrected chi connectivity index (χ3v) is 5.34. The first-order valence-electron chi connectivity index (χ1n) is 12.1. The zero-order chi connectivity index (χ0) is 25.3. The van der Waals surface area contributed by atoms with E-state index in [-0.39, 0.29) is 18.7 Å². The normalized spacial score (nSPS) is 10.5. The van der Waals surface area contributed by atoms with Crippen molar-refractivity contribution in [2.45, 2.75) is 64.2 Å². The number of unbranched alkanes of at least 4 members (excludes halogenated alkanes) is 6. The summed E-state index contributed by atoms with van der Waals surface area (Å²) in [5.41, 5.74) is 1.19. The van der Waals surface area contributed by atoms with Crippen LogP contribution in [0.2, 0.25) is 0 Å². The molecule has 0 fully saturated rings. The highest BCUT2D eigenvalue weighted by Gasteiger charge is 2.07. The molecule has 1 amide bonds. The van der Waals surface area contributed by atoms with Gasteiger partial charge in [-0.15, -0.1) is 0 Å². The Kier molecular flexibility index (Phi) is 12.8. The van der Waals surface area contributed by atoms with Gasteiger partial charge in [-0.2, -0.15) is 0 Å². The minimum absolute atomic E-state index is 0.209. The summed E-state index contributed by atoms with van der Waals surface area (Å²) in [6, 6.07) is 14.1. The predicted molar refractivity (Wildman–Crippen MR) is 133 cm³/mol. The quantitative estimate of drug-likeness (QED) is 0.229. The van der Waals surface area contributed by atoms with E-state index < -0.39 is 11.9 Å². The number of ether oxygens (including phenoxy) is 2. The number of carbonyl (C=O) groups excluding carboxylic acids is 1. The maximum atomic E-state index is 12.5. The number of carboxylic acids is 2. The van der Waals surface area contributed by atoms with E-state index in [4.69, 9.17) is 19.7 Å². The molecule has 2 rings (SSSR count). The standard InChI is InChI=1S/C27H35NO7/c29-25(30)9-5-1-3-7-19-34-23-15-11-21(12-16-23)27(33)28-22-13-17-24(18-14-22)35-20-8-4-2-6-10-26(31)32/h11-18H,1-10,19-20H2,(H,28,33)(H,29,30)(H,31,32). The molecule has 0 radical (unpaired) electrons. The Morgan fingerprint density at radius 2 is 1.03 bits per heavy atom. The number of carbonyl (C=O) groups is 3. The monoisotopic (exact) mass is 485 g/mol. The van der Waals surface area contributed by atoms with Gasteiger partial charge in [-0.05, 0) is 74.2 Å². The average molecular weight is 486 g/mol. The molecule has 2 aromatic carbocycles. The lowest BCUT2D eigenvalue weighted by Gasteiger charge is -2.09. The molecule has 8 heteroatoms. The number of carboxylic acid groups (broad SMARTS) is 2. The second-order valence-corrected chi connectivity index (χ2v) is 8.32. The topological polar surface area (TPSA) is 122 Å². The van der Waals surface area contributed by atoms with Gasteiger partial charge in [0.2, 0.25) is 0 Å². The summed E-state index contributed by atoms with van der Waals surface area (Å²) in [5, 5.41) is 20.1. The van der Waals surface area contributed by atoms with E-state index in [1.165, 1.54) is 0 Å². The van der Waals surface area contributed by atoms with E-state index in [2.05, 4.69) is 5.32 Å². The van der Waals surface area contributed by atoms with Crippen LogP contribution in [0.3, 0.4) is 0 Å². The molecule has 0 saturated heterocycles. The molecule has 3 N–H and O–H groups in total. The molecular weight excluding hydrogens is 450 g/mol. The Balaban J connectivity index is 1.64. The van der Waals surface area contributed by atoms with Crippen molar-refractivity contribution in [2.75, 3.05) is 18.5 Å². The smallest absolute Gasteiger partial charge is 0.303 e. The van der Waals surface area contributed by atoms with Crippen LogP contribution in [0.1, 0.15) is 74.6 Å². The molecule has 0 aliphatic rings. The molecular formula is C27H35NO7. The second kappa shape index (κ2) is 16.1. The van der Waals surface area contributed by atoms with Crippen LogP contribution >= 0.6 is 0 Å². The number of benzene rings is 2. The SMILES string of the molecule is O=C(O)CCCCCCOc1ccc(NC(=O)c2ccc(OCCCCCCC(=O)O)cc2)cc1. The van der Waals surface area contributed by atoms with Gasteiger partial charge in [0, 0.05) is 24.1 Å². The second-order valence-electron chi connectivity index (χ2n) is 8.32. The first-order chi connectivity index (χ1) is 16.9. The van der Waals surface area contributed by atoms with Crippen molar-refractivity contribution in [3.05, 3.63) is 54.1 Å². The number of rotatable bonds is 18. The van der Waals surface area contributed by atoms with Gasteiger partial charge in [-0.1, -0.05) is 25.7 Å². The highest BCUT2D eigenvalue weighted by atomic mass is 16.5. The zero-order valence-corrected chi connectivity index (χ0v) is 20.0. The van der Waals surface area contributed by atoms with Gasteiger partial charge in [0.1, 0.15) is 11.5 Å². The molecule has 0 atom stereocenters. The van der Waals surface area contributed by atoms with E-state index in [1.807, 2.05) is 0 Å². The molecule has 0 aromatic heterocycles. The lowest BCUT2D eigenvalue weighted by atomic mass is 10.1. The van der Waals surface area contributed by atoms with Gasteiger partial charge in [0.05, 0.1) is 13.2 Å². The molecule has 2 aromatic rings. The first kappa shape index (κ1) is 27.7. The average Bonchev–Trinajstić information content (AvgIpc) is 2.84. The van der Waals surface area contributed by atoms with Crippen LogP contribution in [-0.2, 0) is 9.59 Å². The number of amides is 1. The van der Waals surface area contributed by atoms with Crippen LogP contribution in [0.4, 0.5) is 5.69 Å². The number of anilines is 1. The van der Waals surface area contributed by atoms with Crippen molar-refractivity contribution in [3.63, 3.8) is 0 Å². The summed E-state index contributed by atoms with van der Waals surface area (Å²) in [5.74, 6) is -0.322. The van der Waals surface area contributed by atoms with Crippen LogP contribution in [0.5, 0.6) is 11.5 Å². The minimum atomic E-state index is -0.758. The van der Waals surface area contributed by atoms with Crippen LogP contribution in [-0.4, -0.2) is 41.3 Å². The fourth-order valence-corrected chi connectivity index (χ4v) is 3.38. The fraction of sp³-hybridized carbons (Fsp3) is 0.444. The van der Waals surface area contributed by atoms with E-state index in [1.54, 1.807) is 48.5 Å². The van der Waals surface area contributed by atoms with Crippen molar-refractivity contribution in [2.24, 2.45) is 0 Å². The predicted octanol–water partition coefficient (Wildman–Crippen LogP) is 5.77. The molecule has 0 aliphatic heterocycles. The molecule has 0 heterocycles. The maximum absolute atomic E-state index is 12.5. The van der Waals surface area contributed by atoms with Crippen molar-refractivity contribution < 1.29 is 34.1 Å². The van der Waals surface area contributed by atoms with Gasteiger partial charge in [-0.3, -0.25) is 14.4 Å². The summed E-state index contributed by atoms with van der Waals surface area (Å²) in [6.07, 6.45) is 7.13. The molecule has 0 bridgehead atoms. The molecule has 0 aliphatic carbocycles. The molecule has 35 heavy (non-hydrogen) atoms. The van der Waals surface area contributed by atoms with E-state index in [0.29, 0.717) is 43.1 Å². The van der Waals surface area contributed by atoms with E-state index >= 15 is 0 Å².